The smallest absolute Gasteiger partial charge is 0.287 e. The van der Waals surface area contributed by atoms with Gasteiger partial charge in [-0.05, 0) is 25.5 Å². The minimum absolute atomic E-state index is 0.0220. The average Bonchev–Trinajstić information content (AvgIpc) is 2.54. The van der Waals surface area contributed by atoms with E-state index in [1.807, 2.05) is 0 Å². The van der Waals surface area contributed by atoms with Gasteiger partial charge in [-0.1, -0.05) is 29.8 Å². The van der Waals surface area contributed by atoms with Gasteiger partial charge in [0.05, 0.1) is 5.41 Å². The zero-order valence-electron chi connectivity index (χ0n) is 11.0. The number of nitrogens with one attached hydrogen (secondary N) is 1. The molecule has 1 fully saturated rings. The van der Waals surface area contributed by atoms with Gasteiger partial charge in [0, 0.05) is 11.6 Å². The Morgan fingerprint density at radius 1 is 1.35 bits per heavy atom. The van der Waals surface area contributed by atoms with Crippen LogP contribution in [0.5, 0.6) is 0 Å². The van der Waals surface area contributed by atoms with E-state index >= 15 is 0 Å². The summed E-state index contributed by atoms with van der Waals surface area (Å²) in [7, 11) is 0. The highest BCUT2D eigenvalue weighted by molar-refractivity contribution is 6.31. The molecule has 110 valence electrons. The van der Waals surface area contributed by atoms with Crippen molar-refractivity contribution in [3.05, 3.63) is 34.9 Å². The van der Waals surface area contributed by atoms with E-state index in [9.17, 15) is 18.0 Å². The lowest BCUT2D eigenvalue weighted by Crippen LogP contribution is -2.43. The number of alkyl halides is 3. The van der Waals surface area contributed by atoms with Gasteiger partial charge in [-0.15, -0.1) is 0 Å². The van der Waals surface area contributed by atoms with Gasteiger partial charge in [0.1, 0.15) is 0 Å². The van der Waals surface area contributed by atoms with Crippen LogP contribution < -0.4 is 5.43 Å². The Hall–Kier alpha value is -1.27. The second-order valence-electron chi connectivity index (χ2n) is 5.42. The Labute approximate surface area is 119 Å². The van der Waals surface area contributed by atoms with Gasteiger partial charge in [0.25, 0.3) is 0 Å². The van der Waals surface area contributed by atoms with Crippen molar-refractivity contribution in [2.75, 3.05) is 6.54 Å². The number of carbonyl (C=O) groups excluding carboxylic acids is 1. The van der Waals surface area contributed by atoms with Crippen LogP contribution in [0.3, 0.4) is 0 Å². The molecule has 1 aliphatic rings. The largest absolute Gasteiger partial charge is 0.409 e. The number of hydrogen-bond donors (Lipinski definition) is 1. The first-order valence-electron chi connectivity index (χ1n) is 6.02. The molecule has 0 bridgehead atoms. The number of hydrogen-bond acceptors (Lipinski definition) is 2. The number of hydrazine groups is 1. The fourth-order valence-electron chi connectivity index (χ4n) is 2.19. The molecule has 1 aliphatic heterocycles. The molecule has 1 aromatic rings. The molecule has 0 radical (unpaired) electrons. The van der Waals surface area contributed by atoms with Crippen molar-refractivity contribution in [1.82, 2.24) is 10.4 Å². The number of halogens is 4. The van der Waals surface area contributed by atoms with Gasteiger partial charge in [-0.2, -0.15) is 13.2 Å². The fraction of sp³-hybridized carbons (Fsp3) is 0.462. The van der Waals surface area contributed by atoms with Crippen LogP contribution in [0.2, 0.25) is 5.02 Å². The van der Waals surface area contributed by atoms with E-state index in [2.05, 4.69) is 5.43 Å². The summed E-state index contributed by atoms with van der Waals surface area (Å²) in [6.07, 6.45) is -4.54. The van der Waals surface area contributed by atoms with Crippen LogP contribution in [0.4, 0.5) is 13.2 Å². The third kappa shape index (κ3) is 2.76. The molecule has 0 aromatic heterocycles. The zero-order valence-corrected chi connectivity index (χ0v) is 11.7. The first-order chi connectivity index (χ1) is 9.13. The van der Waals surface area contributed by atoms with Crippen molar-refractivity contribution < 1.29 is 18.0 Å². The molecule has 0 aliphatic carbocycles. The summed E-state index contributed by atoms with van der Waals surface area (Å²) in [6.45, 7) is 3.16. The number of amides is 1. The van der Waals surface area contributed by atoms with Crippen molar-refractivity contribution in [1.29, 1.82) is 0 Å². The normalized spacial score (nSPS) is 20.8. The fourth-order valence-corrected chi connectivity index (χ4v) is 2.43. The lowest BCUT2D eigenvalue weighted by molar-refractivity contribution is -0.191. The second kappa shape index (κ2) is 4.93. The van der Waals surface area contributed by atoms with Crippen LogP contribution in [0.25, 0.3) is 0 Å². The zero-order chi connectivity index (χ0) is 15.1. The van der Waals surface area contributed by atoms with E-state index in [1.54, 1.807) is 19.9 Å². The number of carbonyl (C=O) groups is 1. The third-order valence-electron chi connectivity index (χ3n) is 3.25. The van der Waals surface area contributed by atoms with E-state index in [0.29, 0.717) is 0 Å². The van der Waals surface area contributed by atoms with Gasteiger partial charge in [-0.3, -0.25) is 10.2 Å². The first kappa shape index (κ1) is 15.1. The Morgan fingerprint density at radius 2 is 1.95 bits per heavy atom. The van der Waals surface area contributed by atoms with Crippen molar-refractivity contribution in [2.24, 2.45) is 5.41 Å². The molecule has 0 spiro atoms. The molecule has 1 heterocycles. The summed E-state index contributed by atoms with van der Waals surface area (Å²) in [5.41, 5.74) is 1.35. The molecule has 3 nitrogen and oxygen atoms in total. The van der Waals surface area contributed by atoms with E-state index in [1.165, 1.54) is 18.2 Å². The Bertz CT molecular complexity index is 531. The monoisotopic (exact) mass is 306 g/mol. The maximum atomic E-state index is 13.4. The topological polar surface area (TPSA) is 32.3 Å². The Morgan fingerprint density at radius 3 is 2.40 bits per heavy atom. The molecule has 1 N–H and O–H groups in total. The van der Waals surface area contributed by atoms with Gasteiger partial charge in [0.2, 0.25) is 5.91 Å². The van der Waals surface area contributed by atoms with Gasteiger partial charge in [0.15, 0.2) is 6.04 Å². The lowest BCUT2D eigenvalue weighted by Gasteiger charge is -2.30. The predicted molar refractivity (Wildman–Crippen MR) is 68.9 cm³/mol. The summed E-state index contributed by atoms with van der Waals surface area (Å²) in [5, 5.41) is 0.928. The van der Waals surface area contributed by atoms with Gasteiger partial charge in [-0.25, -0.2) is 5.01 Å². The molecule has 1 aromatic carbocycles. The molecule has 7 heteroatoms. The van der Waals surface area contributed by atoms with Crippen LogP contribution in [0, 0.1) is 5.41 Å². The second-order valence-corrected chi connectivity index (χ2v) is 5.83. The number of nitrogens with zero attached hydrogens (tertiary/aromatic N) is 1. The highest BCUT2D eigenvalue weighted by Gasteiger charge is 2.51. The quantitative estimate of drug-likeness (QED) is 0.909. The van der Waals surface area contributed by atoms with E-state index < -0.39 is 23.5 Å². The number of benzene rings is 1. The molecule has 1 amide bonds. The Kier molecular flexibility index (Phi) is 3.73. The minimum atomic E-state index is -4.54. The molecule has 1 saturated heterocycles. The van der Waals surface area contributed by atoms with Crippen LogP contribution in [0.15, 0.2) is 24.3 Å². The summed E-state index contributed by atoms with van der Waals surface area (Å²) in [6, 6.07) is 3.81. The maximum absolute atomic E-state index is 13.4. The van der Waals surface area contributed by atoms with Crippen molar-refractivity contribution in [3.8, 4) is 0 Å². The summed E-state index contributed by atoms with van der Waals surface area (Å²) in [5.74, 6) is -0.432. The van der Waals surface area contributed by atoms with Gasteiger partial charge >= 0.3 is 6.18 Å². The molecular weight excluding hydrogens is 293 g/mol. The SMILES string of the molecule is CC1(C)CN([C@@H](c2ccccc2Cl)C(F)(F)F)NC1=O. The highest BCUT2D eigenvalue weighted by Crippen LogP contribution is 2.42. The summed E-state index contributed by atoms with van der Waals surface area (Å²) < 4.78 is 40.1. The van der Waals surface area contributed by atoms with Crippen LogP contribution >= 0.6 is 11.6 Å². The van der Waals surface area contributed by atoms with Gasteiger partial charge < -0.3 is 0 Å². The Balaban J connectivity index is 2.41. The van der Waals surface area contributed by atoms with Crippen molar-refractivity contribution in [3.63, 3.8) is 0 Å². The summed E-state index contributed by atoms with van der Waals surface area (Å²) >= 11 is 5.87. The molecule has 0 saturated carbocycles. The maximum Gasteiger partial charge on any atom is 0.409 e. The molecule has 2 rings (SSSR count). The molecular formula is C13H14ClF3N2O. The summed E-state index contributed by atoms with van der Waals surface area (Å²) in [4.78, 5) is 11.7. The number of rotatable bonds is 2. The third-order valence-corrected chi connectivity index (χ3v) is 3.59. The lowest BCUT2D eigenvalue weighted by atomic mass is 9.93. The predicted octanol–water partition coefficient (Wildman–Crippen LogP) is 3.32. The van der Waals surface area contributed by atoms with Crippen LogP contribution in [0.1, 0.15) is 25.5 Å². The highest BCUT2D eigenvalue weighted by atomic mass is 35.5. The van der Waals surface area contributed by atoms with E-state index in [4.69, 9.17) is 11.6 Å². The van der Waals surface area contributed by atoms with Crippen LogP contribution in [-0.2, 0) is 4.79 Å². The van der Waals surface area contributed by atoms with E-state index in [0.717, 1.165) is 5.01 Å². The molecule has 1 atom stereocenters. The van der Waals surface area contributed by atoms with Crippen LogP contribution in [-0.4, -0.2) is 23.6 Å². The molecule has 0 unspecified atom stereocenters. The minimum Gasteiger partial charge on any atom is -0.287 e. The van der Waals surface area contributed by atoms with E-state index in [-0.39, 0.29) is 17.1 Å². The van der Waals surface area contributed by atoms with Crippen molar-refractivity contribution in [2.45, 2.75) is 26.1 Å². The first-order valence-corrected chi connectivity index (χ1v) is 6.39. The average molecular weight is 307 g/mol. The standard InChI is InChI=1S/C13H14ClF3N2O/c1-12(2)7-19(18-11(12)20)10(13(15,16)17)8-5-3-4-6-9(8)14/h3-6,10H,7H2,1-2H3,(H,18,20)/t10-/m0/s1. The molecule has 20 heavy (non-hydrogen) atoms. The van der Waals surface area contributed by atoms with Crippen molar-refractivity contribution >= 4 is 17.5 Å².